The first-order valence-electron chi connectivity index (χ1n) is 6.91. The van der Waals surface area contributed by atoms with Crippen molar-refractivity contribution in [3.63, 3.8) is 0 Å². The van der Waals surface area contributed by atoms with Crippen molar-refractivity contribution >= 4 is 15.9 Å². The third kappa shape index (κ3) is 3.61. The van der Waals surface area contributed by atoms with Gasteiger partial charge in [0.05, 0.1) is 17.0 Å². The standard InChI is InChI=1S/C14H20N2O4S/c1-3-10-4-5-11(8-13(10)21(15,18)19)14(17)16-12-6-7-20-9(12)2/h4-5,8-9,12H,3,6-7H2,1-2H3,(H,16,17)(H2,15,18,19). The van der Waals surface area contributed by atoms with Gasteiger partial charge in [0.2, 0.25) is 10.0 Å². The van der Waals surface area contributed by atoms with Crippen molar-refractivity contribution in [1.29, 1.82) is 0 Å². The lowest BCUT2D eigenvalue weighted by molar-refractivity contribution is 0.0866. The molecule has 3 N–H and O–H groups in total. The first-order valence-corrected chi connectivity index (χ1v) is 8.45. The number of nitrogens with two attached hydrogens (primary N) is 1. The van der Waals surface area contributed by atoms with Crippen LogP contribution in [0.3, 0.4) is 0 Å². The largest absolute Gasteiger partial charge is 0.376 e. The van der Waals surface area contributed by atoms with Gasteiger partial charge in [0.25, 0.3) is 5.91 Å². The van der Waals surface area contributed by atoms with Gasteiger partial charge in [-0.25, -0.2) is 13.6 Å². The molecule has 0 bridgehead atoms. The highest BCUT2D eigenvalue weighted by atomic mass is 32.2. The Balaban J connectivity index is 2.26. The molecule has 1 aromatic carbocycles. The zero-order valence-electron chi connectivity index (χ0n) is 12.1. The first kappa shape index (κ1) is 15.9. The topological polar surface area (TPSA) is 98.5 Å². The van der Waals surface area contributed by atoms with Gasteiger partial charge in [0.15, 0.2) is 0 Å². The van der Waals surface area contributed by atoms with Gasteiger partial charge in [0.1, 0.15) is 0 Å². The molecule has 21 heavy (non-hydrogen) atoms. The molecule has 0 radical (unpaired) electrons. The minimum absolute atomic E-state index is 0.00775. The van der Waals surface area contributed by atoms with Gasteiger partial charge in [0, 0.05) is 12.2 Å². The zero-order chi connectivity index (χ0) is 15.6. The summed E-state index contributed by atoms with van der Waals surface area (Å²) in [5.41, 5.74) is 0.891. The molecule has 1 aromatic rings. The Labute approximate surface area is 124 Å². The molecule has 1 saturated heterocycles. The van der Waals surface area contributed by atoms with E-state index in [1.165, 1.54) is 6.07 Å². The molecule has 7 heteroatoms. The van der Waals surface area contributed by atoms with Crippen LogP contribution in [0.15, 0.2) is 23.1 Å². The number of hydrogen-bond acceptors (Lipinski definition) is 4. The number of benzene rings is 1. The second kappa shape index (κ2) is 6.13. The van der Waals surface area contributed by atoms with Crippen LogP contribution in [0.1, 0.15) is 36.2 Å². The normalized spacial score (nSPS) is 22.2. The molecular weight excluding hydrogens is 292 g/mol. The molecule has 0 spiro atoms. The van der Waals surface area contributed by atoms with Crippen molar-refractivity contribution in [2.24, 2.45) is 5.14 Å². The Bertz CT molecular complexity index is 642. The number of carbonyl (C=O) groups is 1. The van der Waals surface area contributed by atoms with E-state index in [4.69, 9.17) is 9.88 Å². The lowest BCUT2D eigenvalue weighted by Gasteiger charge is -2.16. The van der Waals surface area contributed by atoms with Gasteiger partial charge in [-0.3, -0.25) is 4.79 Å². The Morgan fingerprint density at radius 3 is 2.71 bits per heavy atom. The first-order chi connectivity index (χ1) is 9.82. The summed E-state index contributed by atoms with van der Waals surface area (Å²) in [7, 11) is -3.84. The number of nitrogens with one attached hydrogen (secondary N) is 1. The van der Waals surface area contributed by atoms with E-state index in [1.807, 2.05) is 13.8 Å². The van der Waals surface area contributed by atoms with Gasteiger partial charge in [-0.05, 0) is 37.5 Å². The Hall–Kier alpha value is -1.44. The molecule has 1 amide bonds. The number of ether oxygens (including phenoxy) is 1. The van der Waals surface area contributed by atoms with Gasteiger partial charge in [-0.2, -0.15) is 0 Å². The molecule has 2 rings (SSSR count). The van der Waals surface area contributed by atoms with E-state index in [0.29, 0.717) is 18.6 Å². The van der Waals surface area contributed by atoms with Crippen molar-refractivity contribution in [2.75, 3.05) is 6.61 Å². The van der Waals surface area contributed by atoms with E-state index < -0.39 is 10.0 Å². The molecule has 2 atom stereocenters. The fourth-order valence-electron chi connectivity index (χ4n) is 2.43. The fraction of sp³-hybridized carbons (Fsp3) is 0.500. The molecule has 1 aliphatic rings. The van der Waals surface area contributed by atoms with Gasteiger partial charge < -0.3 is 10.1 Å². The van der Waals surface area contributed by atoms with Crippen molar-refractivity contribution in [2.45, 2.75) is 43.7 Å². The SMILES string of the molecule is CCc1ccc(C(=O)NC2CCOC2C)cc1S(N)(=O)=O. The van der Waals surface area contributed by atoms with Gasteiger partial charge in [-0.1, -0.05) is 13.0 Å². The maximum atomic E-state index is 12.2. The molecular formula is C14H20N2O4S. The Morgan fingerprint density at radius 2 is 2.19 bits per heavy atom. The van der Waals surface area contributed by atoms with E-state index in [2.05, 4.69) is 5.32 Å². The predicted octanol–water partition coefficient (Wildman–Crippen LogP) is 0.804. The Kier molecular flexibility index (Phi) is 4.65. The molecule has 0 saturated carbocycles. The average Bonchev–Trinajstić information content (AvgIpc) is 2.82. The minimum atomic E-state index is -3.84. The van der Waals surface area contributed by atoms with Crippen molar-refractivity contribution in [3.8, 4) is 0 Å². The zero-order valence-corrected chi connectivity index (χ0v) is 12.9. The highest BCUT2D eigenvalue weighted by molar-refractivity contribution is 7.89. The average molecular weight is 312 g/mol. The van der Waals surface area contributed by atoms with Crippen molar-refractivity contribution in [3.05, 3.63) is 29.3 Å². The summed E-state index contributed by atoms with van der Waals surface area (Å²) in [5.74, 6) is -0.315. The lowest BCUT2D eigenvalue weighted by Crippen LogP contribution is -2.39. The minimum Gasteiger partial charge on any atom is -0.376 e. The van der Waals surface area contributed by atoms with Crippen LogP contribution in [0.5, 0.6) is 0 Å². The molecule has 0 aliphatic carbocycles. The van der Waals surface area contributed by atoms with E-state index in [0.717, 1.165) is 6.42 Å². The summed E-state index contributed by atoms with van der Waals surface area (Å²) in [5, 5.41) is 8.07. The van der Waals surface area contributed by atoms with Gasteiger partial charge in [-0.15, -0.1) is 0 Å². The smallest absolute Gasteiger partial charge is 0.251 e. The van der Waals surface area contributed by atoms with Crippen LogP contribution in [0.2, 0.25) is 0 Å². The van der Waals surface area contributed by atoms with E-state index in [1.54, 1.807) is 12.1 Å². The highest BCUT2D eigenvalue weighted by Crippen LogP contribution is 2.18. The number of rotatable bonds is 4. The molecule has 2 unspecified atom stereocenters. The highest BCUT2D eigenvalue weighted by Gasteiger charge is 2.26. The van der Waals surface area contributed by atoms with Crippen LogP contribution in [0.4, 0.5) is 0 Å². The van der Waals surface area contributed by atoms with Gasteiger partial charge >= 0.3 is 0 Å². The van der Waals surface area contributed by atoms with Crippen LogP contribution in [0, 0.1) is 0 Å². The van der Waals surface area contributed by atoms with Crippen LogP contribution in [0.25, 0.3) is 0 Å². The molecule has 1 heterocycles. The van der Waals surface area contributed by atoms with Crippen molar-refractivity contribution in [1.82, 2.24) is 5.32 Å². The maximum absolute atomic E-state index is 12.2. The van der Waals surface area contributed by atoms with Crippen LogP contribution < -0.4 is 10.5 Å². The van der Waals surface area contributed by atoms with Crippen LogP contribution in [-0.2, 0) is 21.2 Å². The summed E-state index contributed by atoms with van der Waals surface area (Å²) < 4.78 is 28.6. The van der Waals surface area contributed by atoms with Crippen molar-refractivity contribution < 1.29 is 17.9 Å². The Morgan fingerprint density at radius 1 is 1.48 bits per heavy atom. The molecule has 116 valence electrons. The van der Waals surface area contributed by atoms with E-state index in [9.17, 15) is 13.2 Å². The third-order valence-electron chi connectivity index (χ3n) is 3.71. The number of hydrogen-bond donors (Lipinski definition) is 2. The number of amides is 1. The quantitative estimate of drug-likeness (QED) is 0.859. The summed E-state index contributed by atoms with van der Waals surface area (Å²) in [6.45, 7) is 4.35. The third-order valence-corrected chi connectivity index (χ3v) is 4.70. The van der Waals surface area contributed by atoms with E-state index in [-0.39, 0.29) is 28.5 Å². The van der Waals surface area contributed by atoms with Crippen LogP contribution >= 0.6 is 0 Å². The second-order valence-corrected chi connectivity index (χ2v) is 6.70. The second-order valence-electron chi connectivity index (χ2n) is 5.17. The maximum Gasteiger partial charge on any atom is 0.251 e. The monoisotopic (exact) mass is 312 g/mol. The summed E-state index contributed by atoms with van der Waals surface area (Å²) in [6.07, 6.45) is 1.24. The molecule has 1 fully saturated rings. The molecule has 1 aliphatic heterocycles. The number of primary sulfonamides is 1. The molecule has 0 aromatic heterocycles. The summed E-state index contributed by atoms with van der Waals surface area (Å²) >= 11 is 0. The number of sulfonamides is 1. The molecule has 6 nitrogen and oxygen atoms in total. The number of aryl methyl sites for hydroxylation is 1. The lowest BCUT2D eigenvalue weighted by atomic mass is 10.1. The summed E-state index contributed by atoms with van der Waals surface area (Å²) in [6, 6.07) is 4.53. The van der Waals surface area contributed by atoms with E-state index >= 15 is 0 Å². The van der Waals surface area contributed by atoms with Crippen LogP contribution in [-0.4, -0.2) is 33.1 Å². The predicted molar refractivity (Wildman–Crippen MR) is 78.5 cm³/mol. The number of carbonyl (C=O) groups excluding carboxylic acids is 1. The summed E-state index contributed by atoms with van der Waals surface area (Å²) in [4.78, 5) is 12.2. The fourth-order valence-corrected chi connectivity index (χ4v) is 3.29.